The van der Waals surface area contributed by atoms with Crippen LogP contribution < -0.4 is 10.1 Å². The summed E-state index contributed by atoms with van der Waals surface area (Å²) in [6.07, 6.45) is 1.76. The second kappa shape index (κ2) is 8.20. The first-order valence-corrected chi connectivity index (χ1v) is 8.41. The first-order valence-electron chi connectivity index (χ1n) is 8.41. The van der Waals surface area contributed by atoms with Gasteiger partial charge in [-0.1, -0.05) is 18.2 Å². The fraction of sp³-hybridized carbons (Fsp3) is 0.611. The fourth-order valence-corrected chi connectivity index (χ4v) is 3.25. The van der Waals surface area contributed by atoms with Gasteiger partial charge in [-0.25, -0.2) is 4.79 Å². The molecule has 0 atom stereocenters. The van der Waals surface area contributed by atoms with Crippen LogP contribution in [0.2, 0.25) is 0 Å². The van der Waals surface area contributed by atoms with Crippen LogP contribution in [-0.4, -0.2) is 50.9 Å². The number of ether oxygens (including phenoxy) is 2. The molecular weight excluding hydrogens is 292 g/mol. The number of nitrogens with one attached hydrogen (secondary N) is 1. The third-order valence-corrected chi connectivity index (χ3v) is 4.76. The minimum absolute atomic E-state index is 0.00392. The van der Waals surface area contributed by atoms with E-state index in [0.29, 0.717) is 32.8 Å². The van der Waals surface area contributed by atoms with Crippen molar-refractivity contribution in [1.29, 1.82) is 0 Å². The van der Waals surface area contributed by atoms with Gasteiger partial charge < -0.3 is 19.7 Å². The largest absolute Gasteiger partial charge is 0.496 e. The third kappa shape index (κ3) is 3.96. The van der Waals surface area contributed by atoms with Crippen molar-refractivity contribution in [2.75, 3.05) is 40.0 Å². The standard InChI is InChI=1S/C18H28N2O3/c1-4-20(5-2)17(21)19-14-18(10-12-23-13-11-18)15-8-6-7-9-16(15)22-3/h6-9H,4-5,10-14H2,1-3H3,(H,19,21). The van der Waals surface area contributed by atoms with Crippen LogP contribution in [0.5, 0.6) is 5.75 Å². The van der Waals surface area contributed by atoms with E-state index in [0.717, 1.165) is 24.2 Å². The lowest BCUT2D eigenvalue weighted by molar-refractivity contribution is 0.0493. The van der Waals surface area contributed by atoms with Gasteiger partial charge in [0, 0.05) is 43.8 Å². The molecule has 1 aromatic rings. The Morgan fingerprint density at radius 2 is 1.91 bits per heavy atom. The highest BCUT2D eigenvalue weighted by Gasteiger charge is 2.37. The van der Waals surface area contributed by atoms with E-state index in [1.807, 2.05) is 32.0 Å². The molecule has 0 radical (unpaired) electrons. The number of rotatable bonds is 6. The number of nitrogens with zero attached hydrogens (tertiary/aromatic N) is 1. The Bertz CT molecular complexity index is 509. The van der Waals surface area contributed by atoms with Gasteiger partial charge in [-0.2, -0.15) is 0 Å². The number of urea groups is 1. The Kier molecular flexibility index (Phi) is 6.28. The molecule has 0 spiro atoms. The maximum atomic E-state index is 12.3. The number of carbonyl (C=O) groups is 1. The topological polar surface area (TPSA) is 50.8 Å². The maximum Gasteiger partial charge on any atom is 0.317 e. The normalized spacial score (nSPS) is 16.7. The molecule has 1 N–H and O–H groups in total. The lowest BCUT2D eigenvalue weighted by Crippen LogP contribution is -2.48. The molecule has 5 heteroatoms. The summed E-state index contributed by atoms with van der Waals surface area (Å²) >= 11 is 0. The van der Waals surface area contributed by atoms with Crippen LogP contribution in [0, 0.1) is 0 Å². The van der Waals surface area contributed by atoms with Crippen molar-refractivity contribution >= 4 is 6.03 Å². The molecular formula is C18H28N2O3. The number of amides is 2. The van der Waals surface area contributed by atoms with Gasteiger partial charge in [0.15, 0.2) is 0 Å². The van der Waals surface area contributed by atoms with Gasteiger partial charge in [0.1, 0.15) is 5.75 Å². The Labute approximate surface area is 139 Å². The van der Waals surface area contributed by atoms with E-state index < -0.39 is 0 Å². The van der Waals surface area contributed by atoms with Crippen LogP contribution in [-0.2, 0) is 10.2 Å². The van der Waals surface area contributed by atoms with Crippen LogP contribution in [0.25, 0.3) is 0 Å². The number of methoxy groups -OCH3 is 1. The summed E-state index contributed by atoms with van der Waals surface area (Å²) in [5.74, 6) is 0.881. The van der Waals surface area contributed by atoms with Crippen molar-refractivity contribution in [3.8, 4) is 5.75 Å². The third-order valence-electron chi connectivity index (χ3n) is 4.76. The Morgan fingerprint density at radius 3 is 2.52 bits per heavy atom. The molecule has 1 fully saturated rings. The van der Waals surface area contributed by atoms with Crippen molar-refractivity contribution < 1.29 is 14.3 Å². The quantitative estimate of drug-likeness (QED) is 0.877. The predicted octanol–water partition coefficient (Wildman–Crippen LogP) is 2.79. The van der Waals surface area contributed by atoms with Gasteiger partial charge in [-0.3, -0.25) is 0 Å². The van der Waals surface area contributed by atoms with Crippen LogP contribution in [0.15, 0.2) is 24.3 Å². The first kappa shape index (κ1) is 17.6. The molecule has 0 aliphatic carbocycles. The molecule has 0 saturated carbocycles. The van der Waals surface area contributed by atoms with Crippen LogP contribution in [0.1, 0.15) is 32.3 Å². The number of hydrogen-bond acceptors (Lipinski definition) is 3. The van der Waals surface area contributed by atoms with Crippen molar-refractivity contribution in [2.45, 2.75) is 32.1 Å². The van der Waals surface area contributed by atoms with Gasteiger partial charge in [0.25, 0.3) is 0 Å². The average Bonchev–Trinajstić information content (AvgIpc) is 2.62. The predicted molar refractivity (Wildman–Crippen MR) is 91.0 cm³/mol. The maximum absolute atomic E-state index is 12.3. The zero-order valence-corrected chi connectivity index (χ0v) is 14.4. The summed E-state index contributed by atoms with van der Waals surface area (Å²) < 4.78 is 11.1. The van der Waals surface area contributed by atoms with Gasteiger partial charge in [-0.15, -0.1) is 0 Å². The number of benzene rings is 1. The minimum Gasteiger partial charge on any atom is -0.496 e. The van der Waals surface area contributed by atoms with E-state index in [2.05, 4.69) is 11.4 Å². The van der Waals surface area contributed by atoms with Crippen LogP contribution in [0.4, 0.5) is 4.79 Å². The van der Waals surface area contributed by atoms with E-state index in [4.69, 9.17) is 9.47 Å². The smallest absolute Gasteiger partial charge is 0.317 e. The van der Waals surface area contributed by atoms with Crippen molar-refractivity contribution in [2.24, 2.45) is 0 Å². The summed E-state index contributed by atoms with van der Waals surface area (Å²) in [6.45, 7) is 7.44. The average molecular weight is 320 g/mol. The molecule has 2 amide bonds. The number of carbonyl (C=O) groups excluding carboxylic acids is 1. The first-order chi connectivity index (χ1) is 11.2. The van der Waals surface area contributed by atoms with Gasteiger partial charge >= 0.3 is 6.03 Å². The Morgan fingerprint density at radius 1 is 1.26 bits per heavy atom. The summed E-state index contributed by atoms with van der Waals surface area (Å²) in [5, 5.41) is 3.12. The Hall–Kier alpha value is -1.75. The van der Waals surface area contributed by atoms with Gasteiger partial charge in [0.05, 0.1) is 7.11 Å². The molecule has 1 aromatic carbocycles. The molecule has 1 aliphatic rings. The molecule has 0 aromatic heterocycles. The highest BCUT2D eigenvalue weighted by Crippen LogP contribution is 2.39. The van der Waals surface area contributed by atoms with E-state index in [1.54, 1.807) is 12.0 Å². The second-order valence-electron chi connectivity index (χ2n) is 5.92. The van der Waals surface area contributed by atoms with Crippen LogP contribution >= 0.6 is 0 Å². The summed E-state index contributed by atoms with van der Waals surface area (Å²) in [6, 6.07) is 8.09. The second-order valence-corrected chi connectivity index (χ2v) is 5.92. The molecule has 1 aliphatic heterocycles. The highest BCUT2D eigenvalue weighted by molar-refractivity contribution is 5.74. The van der Waals surface area contributed by atoms with Crippen molar-refractivity contribution in [1.82, 2.24) is 10.2 Å². The molecule has 0 bridgehead atoms. The van der Waals surface area contributed by atoms with Crippen LogP contribution in [0.3, 0.4) is 0 Å². The van der Waals surface area contributed by atoms with E-state index in [9.17, 15) is 4.79 Å². The van der Waals surface area contributed by atoms with E-state index >= 15 is 0 Å². The lowest BCUT2D eigenvalue weighted by Gasteiger charge is -2.39. The lowest BCUT2D eigenvalue weighted by atomic mass is 9.73. The minimum atomic E-state index is -0.131. The summed E-state index contributed by atoms with van der Waals surface area (Å²) in [7, 11) is 1.69. The molecule has 128 valence electrons. The fourth-order valence-electron chi connectivity index (χ4n) is 3.25. The SMILES string of the molecule is CCN(CC)C(=O)NCC1(c2ccccc2OC)CCOCC1. The molecule has 5 nitrogen and oxygen atoms in total. The molecule has 1 saturated heterocycles. The number of hydrogen-bond donors (Lipinski definition) is 1. The zero-order valence-electron chi connectivity index (χ0n) is 14.4. The highest BCUT2D eigenvalue weighted by atomic mass is 16.5. The zero-order chi connectivity index (χ0) is 16.7. The van der Waals surface area contributed by atoms with Crippen molar-refractivity contribution in [3.05, 3.63) is 29.8 Å². The Balaban J connectivity index is 2.21. The summed E-state index contributed by atoms with van der Waals surface area (Å²) in [5.41, 5.74) is 1.03. The summed E-state index contributed by atoms with van der Waals surface area (Å²) in [4.78, 5) is 14.1. The monoisotopic (exact) mass is 320 g/mol. The molecule has 0 unspecified atom stereocenters. The molecule has 2 rings (SSSR count). The van der Waals surface area contributed by atoms with E-state index in [1.165, 1.54) is 0 Å². The molecule has 1 heterocycles. The number of para-hydroxylation sites is 1. The van der Waals surface area contributed by atoms with Gasteiger partial charge in [0.2, 0.25) is 0 Å². The van der Waals surface area contributed by atoms with Gasteiger partial charge in [-0.05, 0) is 32.8 Å². The van der Waals surface area contributed by atoms with E-state index in [-0.39, 0.29) is 11.4 Å². The van der Waals surface area contributed by atoms with Crippen molar-refractivity contribution in [3.63, 3.8) is 0 Å². The molecule has 23 heavy (non-hydrogen) atoms.